The van der Waals surface area contributed by atoms with Gasteiger partial charge in [-0.1, -0.05) is 30.7 Å². The van der Waals surface area contributed by atoms with Crippen LogP contribution >= 0.6 is 11.6 Å². The zero-order valence-electron chi connectivity index (χ0n) is 9.22. The van der Waals surface area contributed by atoms with E-state index in [-0.39, 0.29) is 0 Å². The van der Waals surface area contributed by atoms with Crippen molar-refractivity contribution >= 4 is 21.4 Å². The summed E-state index contributed by atoms with van der Waals surface area (Å²) in [6, 6.07) is 6.55. The van der Waals surface area contributed by atoms with Crippen LogP contribution in [0.2, 0.25) is 5.02 Å². The molecular formula is C11H15ClO3S. The van der Waals surface area contributed by atoms with Gasteiger partial charge in [0.1, 0.15) is 0 Å². The molecular weight excluding hydrogens is 248 g/mol. The van der Waals surface area contributed by atoms with Crippen molar-refractivity contribution in [2.75, 3.05) is 6.26 Å². The summed E-state index contributed by atoms with van der Waals surface area (Å²) in [5.74, 6) is 0. The van der Waals surface area contributed by atoms with Gasteiger partial charge in [-0.25, -0.2) is 8.42 Å². The Morgan fingerprint density at radius 3 is 2.19 bits per heavy atom. The quantitative estimate of drug-likeness (QED) is 0.905. The SMILES string of the molecule is CC[C@H]([C@@H](O)c1ccc(Cl)cc1)S(C)(=O)=O. The summed E-state index contributed by atoms with van der Waals surface area (Å²) >= 11 is 5.72. The van der Waals surface area contributed by atoms with E-state index in [1.54, 1.807) is 31.2 Å². The number of benzene rings is 1. The number of halogens is 1. The first-order valence-electron chi connectivity index (χ1n) is 4.98. The summed E-state index contributed by atoms with van der Waals surface area (Å²) in [6.45, 7) is 1.74. The number of sulfone groups is 1. The number of hydrogen-bond donors (Lipinski definition) is 1. The van der Waals surface area contributed by atoms with Gasteiger partial charge in [-0.2, -0.15) is 0 Å². The first-order valence-corrected chi connectivity index (χ1v) is 7.32. The molecule has 0 aromatic heterocycles. The fraction of sp³-hybridized carbons (Fsp3) is 0.455. The highest BCUT2D eigenvalue weighted by Crippen LogP contribution is 2.25. The lowest BCUT2D eigenvalue weighted by molar-refractivity contribution is 0.169. The van der Waals surface area contributed by atoms with Crippen molar-refractivity contribution in [1.82, 2.24) is 0 Å². The van der Waals surface area contributed by atoms with Crippen LogP contribution in [0.1, 0.15) is 25.0 Å². The monoisotopic (exact) mass is 262 g/mol. The third-order valence-corrected chi connectivity index (χ3v) is 4.46. The molecule has 16 heavy (non-hydrogen) atoms. The predicted molar refractivity (Wildman–Crippen MR) is 65.3 cm³/mol. The lowest BCUT2D eigenvalue weighted by atomic mass is 10.1. The molecule has 0 heterocycles. The van der Waals surface area contributed by atoms with Crippen molar-refractivity contribution in [1.29, 1.82) is 0 Å². The lowest BCUT2D eigenvalue weighted by Gasteiger charge is -2.20. The van der Waals surface area contributed by atoms with Gasteiger partial charge in [-0.05, 0) is 24.1 Å². The molecule has 0 amide bonds. The fourth-order valence-corrected chi connectivity index (χ4v) is 2.99. The summed E-state index contributed by atoms with van der Waals surface area (Å²) in [5, 5.41) is 9.77. The summed E-state index contributed by atoms with van der Waals surface area (Å²) in [7, 11) is -3.26. The van der Waals surface area contributed by atoms with Gasteiger partial charge in [0.05, 0.1) is 11.4 Å². The average molecular weight is 263 g/mol. The van der Waals surface area contributed by atoms with Crippen LogP contribution < -0.4 is 0 Å². The van der Waals surface area contributed by atoms with Crippen LogP contribution in [-0.2, 0) is 9.84 Å². The molecule has 0 fully saturated rings. The van der Waals surface area contributed by atoms with E-state index in [2.05, 4.69) is 0 Å². The van der Waals surface area contributed by atoms with Crippen LogP contribution in [0, 0.1) is 0 Å². The molecule has 5 heteroatoms. The molecule has 0 aliphatic carbocycles. The molecule has 0 saturated carbocycles. The average Bonchev–Trinajstić information content (AvgIpc) is 2.17. The van der Waals surface area contributed by atoms with Crippen LogP contribution in [0.3, 0.4) is 0 Å². The summed E-state index contributed by atoms with van der Waals surface area (Å²) < 4.78 is 22.9. The molecule has 0 radical (unpaired) electrons. The van der Waals surface area contributed by atoms with E-state index >= 15 is 0 Å². The molecule has 0 bridgehead atoms. The Bertz CT molecular complexity index is 439. The van der Waals surface area contributed by atoms with Gasteiger partial charge in [0.15, 0.2) is 9.84 Å². The first-order chi connectivity index (χ1) is 7.36. The van der Waals surface area contributed by atoms with Crippen molar-refractivity contribution in [3.8, 4) is 0 Å². The van der Waals surface area contributed by atoms with Gasteiger partial charge < -0.3 is 5.11 Å². The van der Waals surface area contributed by atoms with Crippen LogP contribution in [0.25, 0.3) is 0 Å². The molecule has 1 rings (SSSR count). The topological polar surface area (TPSA) is 54.4 Å². The fourth-order valence-electron chi connectivity index (χ4n) is 1.63. The Labute approximate surface area is 101 Å². The van der Waals surface area contributed by atoms with E-state index < -0.39 is 21.2 Å². The molecule has 90 valence electrons. The minimum absolute atomic E-state index is 0.378. The highest BCUT2D eigenvalue weighted by Gasteiger charge is 2.28. The minimum Gasteiger partial charge on any atom is -0.387 e. The lowest BCUT2D eigenvalue weighted by Crippen LogP contribution is -2.26. The molecule has 1 aromatic carbocycles. The zero-order chi connectivity index (χ0) is 12.3. The van der Waals surface area contributed by atoms with E-state index in [1.165, 1.54) is 0 Å². The van der Waals surface area contributed by atoms with Gasteiger partial charge in [-0.3, -0.25) is 0 Å². The molecule has 2 atom stereocenters. The molecule has 0 aliphatic rings. The Kier molecular flexibility index (Phi) is 4.35. The summed E-state index contributed by atoms with van der Waals surface area (Å²) in [6.07, 6.45) is 0.514. The molecule has 1 N–H and O–H groups in total. The third kappa shape index (κ3) is 3.20. The van der Waals surface area contributed by atoms with Crippen molar-refractivity contribution in [3.63, 3.8) is 0 Å². The summed E-state index contributed by atoms with van der Waals surface area (Å²) in [5.41, 5.74) is 0.571. The molecule has 0 saturated heterocycles. The molecule has 0 spiro atoms. The Morgan fingerprint density at radius 2 is 1.81 bits per heavy atom. The molecule has 0 aliphatic heterocycles. The Hall–Kier alpha value is -0.580. The minimum atomic E-state index is -3.26. The van der Waals surface area contributed by atoms with Crippen molar-refractivity contribution in [3.05, 3.63) is 34.9 Å². The number of aliphatic hydroxyl groups is 1. The highest BCUT2D eigenvalue weighted by atomic mass is 35.5. The molecule has 3 nitrogen and oxygen atoms in total. The predicted octanol–water partition coefficient (Wildman–Crippen LogP) is 2.20. The molecule has 1 aromatic rings. The van der Waals surface area contributed by atoms with Crippen LogP contribution in [0.5, 0.6) is 0 Å². The maximum Gasteiger partial charge on any atom is 0.153 e. The summed E-state index contributed by atoms with van der Waals surface area (Å²) in [4.78, 5) is 0. The second-order valence-electron chi connectivity index (χ2n) is 3.77. The highest BCUT2D eigenvalue weighted by molar-refractivity contribution is 7.91. The van der Waals surface area contributed by atoms with Gasteiger partial charge >= 0.3 is 0 Å². The second kappa shape index (κ2) is 5.17. The standard InChI is InChI=1S/C11H15ClO3S/c1-3-10(16(2,14)15)11(13)8-4-6-9(12)7-5-8/h4-7,10-11,13H,3H2,1-2H3/t10-,11+/m1/s1. The van der Waals surface area contributed by atoms with E-state index in [1.807, 2.05) is 0 Å². The van der Waals surface area contributed by atoms with Crippen molar-refractivity contribution in [2.24, 2.45) is 0 Å². The largest absolute Gasteiger partial charge is 0.387 e. The van der Waals surface area contributed by atoms with Gasteiger partial charge in [0, 0.05) is 11.3 Å². The maximum atomic E-state index is 11.5. The first kappa shape index (κ1) is 13.5. The van der Waals surface area contributed by atoms with Gasteiger partial charge in [0.2, 0.25) is 0 Å². The Balaban J connectivity index is 3.00. The third-order valence-electron chi connectivity index (χ3n) is 2.52. The smallest absolute Gasteiger partial charge is 0.153 e. The zero-order valence-corrected chi connectivity index (χ0v) is 10.8. The van der Waals surface area contributed by atoms with Gasteiger partial charge in [0.25, 0.3) is 0 Å². The van der Waals surface area contributed by atoms with Crippen molar-refractivity contribution in [2.45, 2.75) is 24.7 Å². The maximum absolute atomic E-state index is 11.5. The van der Waals surface area contributed by atoms with E-state index in [0.29, 0.717) is 17.0 Å². The van der Waals surface area contributed by atoms with Crippen LogP contribution in [0.4, 0.5) is 0 Å². The normalized spacial score (nSPS) is 15.8. The second-order valence-corrected chi connectivity index (χ2v) is 6.47. The van der Waals surface area contributed by atoms with E-state index in [0.717, 1.165) is 6.26 Å². The Morgan fingerprint density at radius 1 is 1.31 bits per heavy atom. The van der Waals surface area contributed by atoms with Crippen molar-refractivity contribution < 1.29 is 13.5 Å². The number of hydrogen-bond acceptors (Lipinski definition) is 3. The number of rotatable bonds is 4. The number of aliphatic hydroxyl groups excluding tert-OH is 1. The van der Waals surface area contributed by atoms with Crippen LogP contribution in [-0.4, -0.2) is 25.0 Å². The van der Waals surface area contributed by atoms with Gasteiger partial charge in [-0.15, -0.1) is 0 Å². The van der Waals surface area contributed by atoms with E-state index in [4.69, 9.17) is 11.6 Å². The van der Waals surface area contributed by atoms with E-state index in [9.17, 15) is 13.5 Å². The van der Waals surface area contributed by atoms with Crippen LogP contribution in [0.15, 0.2) is 24.3 Å². The molecule has 0 unspecified atom stereocenters.